The Morgan fingerprint density at radius 1 is 1.33 bits per heavy atom. The van der Waals surface area contributed by atoms with Crippen molar-refractivity contribution >= 4 is 6.03 Å². The Bertz CT molecular complexity index is 563. The Hall–Kier alpha value is -1.66. The van der Waals surface area contributed by atoms with Crippen molar-refractivity contribution in [3.63, 3.8) is 0 Å². The summed E-state index contributed by atoms with van der Waals surface area (Å²) in [5, 5.41) is 3.16. The van der Waals surface area contributed by atoms with E-state index in [-0.39, 0.29) is 6.03 Å². The van der Waals surface area contributed by atoms with Gasteiger partial charge in [0.15, 0.2) is 0 Å². The average Bonchev–Trinajstić information content (AvgIpc) is 3.20. The number of aromatic nitrogens is 1. The lowest BCUT2D eigenvalue weighted by molar-refractivity contribution is 0.145. The van der Waals surface area contributed by atoms with Crippen molar-refractivity contribution in [2.75, 3.05) is 39.9 Å². The highest BCUT2D eigenvalue weighted by Crippen LogP contribution is 2.27. The molecule has 6 nitrogen and oxygen atoms in total. The third-order valence-electron chi connectivity index (χ3n) is 5.90. The number of likely N-dealkylation sites (tertiary alicyclic amines) is 1. The summed E-state index contributed by atoms with van der Waals surface area (Å²) in [6, 6.07) is 4.68. The van der Waals surface area contributed by atoms with Crippen LogP contribution in [0.5, 0.6) is 0 Å². The lowest BCUT2D eigenvalue weighted by atomic mass is 9.94. The van der Waals surface area contributed by atoms with Gasteiger partial charge in [-0.25, -0.2) is 4.79 Å². The Morgan fingerprint density at radius 3 is 2.93 bits per heavy atom. The minimum Gasteiger partial charge on any atom is -0.383 e. The van der Waals surface area contributed by atoms with Crippen LogP contribution in [0.25, 0.3) is 0 Å². The molecule has 1 N–H and O–H groups in total. The highest BCUT2D eigenvalue weighted by atomic mass is 16.5. The standard InChI is InChI=1S/C21H34N4O2/c1-27-13-12-25(17-18-6-5-10-22-14-18)21(26)23-15-19-9-11-24(16-19)20-7-3-2-4-8-20/h5-6,10,14,19-20H,2-4,7-9,11-13,15-17H2,1H3,(H,23,26)/t19-/m0/s1. The summed E-state index contributed by atoms with van der Waals surface area (Å²) in [5.74, 6) is 0.568. The number of amides is 2. The first kappa shape index (κ1) is 20.1. The van der Waals surface area contributed by atoms with E-state index in [2.05, 4.69) is 15.2 Å². The minimum absolute atomic E-state index is 0.00739. The summed E-state index contributed by atoms with van der Waals surface area (Å²) in [7, 11) is 1.67. The monoisotopic (exact) mass is 374 g/mol. The predicted molar refractivity (Wildman–Crippen MR) is 106 cm³/mol. The number of hydrogen-bond donors (Lipinski definition) is 1. The fourth-order valence-corrected chi connectivity index (χ4v) is 4.32. The van der Waals surface area contributed by atoms with E-state index in [1.54, 1.807) is 13.3 Å². The molecule has 0 spiro atoms. The zero-order valence-corrected chi connectivity index (χ0v) is 16.6. The largest absolute Gasteiger partial charge is 0.383 e. The zero-order chi connectivity index (χ0) is 18.9. The summed E-state index contributed by atoms with van der Waals surface area (Å²) in [4.78, 5) is 21.3. The van der Waals surface area contributed by atoms with Crippen molar-refractivity contribution < 1.29 is 9.53 Å². The molecule has 150 valence electrons. The van der Waals surface area contributed by atoms with Gasteiger partial charge < -0.3 is 19.9 Å². The smallest absolute Gasteiger partial charge is 0.317 e. The van der Waals surface area contributed by atoms with E-state index in [0.717, 1.165) is 24.7 Å². The molecule has 3 rings (SSSR count). The van der Waals surface area contributed by atoms with Crippen LogP contribution in [-0.2, 0) is 11.3 Å². The van der Waals surface area contributed by atoms with Crippen molar-refractivity contribution in [2.45, 2.75) is 51.1 Å². The van der Waals surface area contributed by atoms with Gasteiger partial charge in [-0.15, -0.1) is 0 Å². The van der Waals surface area contributed by atoms with Gasteiger partial charge in [0.1, 0.15) is 0 Å². The molecular formula is C21H34N4O2. The van der Waals surface area contributed by atoms with E-state index in [1.807, 2.05) is 23.2 Å². The number of pyridine rings is 1. The van der Waals surface area contributed by atoms with Gasteiger partial charge in [-0.2, -0.15) is 0 Å². The first-order valence-electron chi connectivity index (χ1n) is 10.4. The van der Waals surface area contributed by atoms with E-state index in [1.165, 1.54) is 45.1 Å². The van der Waals surface area contributed by atoms with E-state index >= 15 is 0 Å². The first-order chi connectivity index (χ1) is 13.3. The van der Waals surface area contributed by atoms with Gasteiger partial charge in [0, 0.05) is 51.7 Å². The number of urea groups is 1. The summed E-state index contributed by atoms with van der Waals surface area (Å²) >= 11 is 0. The third-order valence-corrected chi connectivity index (χ3v) is 5.90. The summed E-state index contributed by atoms with van der Waals surface area (Å²) < 4.78 is 5.18. The topological polar surface area (TPSA) is 57.7 Å². The van der Waals surface area contributed by atoms with E-state index in [4.69, 9.17) is 4.74 Å². The molecule has 1 atom stereocenters. The van der Waals surface area contributed by atoms with Gasteiger partial charge in [0.25, 0.3) is 0 Å². The molecule has 2 aliphatic rings. The molecule has 6 heteroatoms. The Labute approximate surface area is 163 Å². The van der Waals surface area contributed by atoms with Crippen molar-refractivity contribution in [2.24, 2.45) is 5.92 Å². The van der Waals surface area contributed by atoms with Crippen LogP contribution in [0.15, 0.2) is 24.5 Å². The van der Waals surface area contributed by atoms with Crippen LogP contribution >= 0.6 is 0 Å². The molecule has 2 heterocycles. The van der Waals surface area contributed by atoms with E-state index in [9.17, 15) is 4.79 Å². The molecule has 1 saturated heterocycles. The lowest BCUT2D eigenvalue weighted by Crippen LogP contribution is -2.43. The molecule has 1 aromatic heterocycles. The number of hydrogen-bond acceptors (Lipinski definition) is 4. The molecule has 27 heavy (non-hydrogen) atoms. The predicted octanol–water partition coefficient (Wildman–Crippen LogP) is 2.89. The molecule has 0 bridgehead atoms. The van der Waals surface area contributed by atoms with Crippen LogP contribution in [-0.4, -0.2) is 66.8 Å². The van der Waals surface area contributed by atoms with Crippen LogP contribution < -0.4 is 5.32 Å². The van der Waals surface area contributed by atoms with Crippen molar-refractivity contribution in [3.05, 3.63) is 30.1 Å². The van der Waals surface area contributed by atoms with Crippen molar-refractivity contribution in [1.82, 2.24) is 20.1 Å². The summed E-state index contributed by atoms with van der Waals surface area (Å²) in [5.41, 5.74) is 1.04. The van der Waals surface area contributed by atoms with Gasteiger partial charge in [-0.3, -0.25) is 4.98 Å². The highest BCUT2D eigenvalue weighted by molar-refractivity contribution is 5.74. The Morgan fingerprint density at radius 2 is 2.19 bits per heavy atom. The third kappa shape index (κ3) is 6.18. The fraction of sp³-hybridized carbons (Fsp3) is 0.714. The summed E-state index contributed by atoms with van der Waals surface area (Å²) in [6.45, 7) is 4.75. The average molecular weight is 375 g/mol. The number of rotatable bonds is 8. The lowest BCUT2D eigenvalue weighted by Gasteiger charge is -2.31. The number of carbonyl (C=O) groups excluding carboxylic acids is 1. The molecule has 2 fully saturated rings. The Kier molecular flexibility index (Phi) is 7.90. The number of ether oxygens (including phenoxy) is 1. The van der Waals surface area contributed by atoms with E-state index < -0.39 is 0 Å². The molecular weight excluding hydrogens is 340 g/mol. The minimum atomic E-state index is -0.00739. The van der Waals surface area contributed by atoms with Crippen LogP contribution in [0.4, 0.5) is 4.79 Å². The fourth-order valence-electron chi connectivity index (χ4n) is 4.32. The number of nitrogens with zero attached hydrogens (tertiary/aromatic N) is 3. The number of methoxy groups -OCH3 is 1. The normalized spacial score (nSPS) is 21.3. The number of carbonyl (C=O) groups is 1. The molecule has 0 radical (unpaired) electrons. The van der Waals surface area contributed by atoms with Gasteiger partial charge in [0.05, 0.1) is 6.61 Å². The van der Waals surface area contributed by atoms with Gasteiger partial charge >= 0.3 is 6.03 Å². The Balaban J connectivity index is 1.45. The van der Waals surface area contributed by atoms with Crippen LogP contribution in [0.2, 0.25) is 0 Å². The quantitative estimate of drug-likeness (QED) is 0.760. The first-order valence-corrected chi connectivity index (χ1v) is 10.4. The van der Waals surface area contributed by atoms with Gasteiger partial charge in [0.2, 0.25) is 0 Å². The number of nitrogens with one attached hydrogen (secondary N) is 1. The molecule has 1 aliphatic heterocycles. The van der Waals surface area contributed by atoms with Crippen molar-refractivity contribution in [1.29, 1.82) is 0 Å². The van der Waals surface area contributed by atoms with Crippen molar-refractivity contribution in [3.8, 4) is 0 Å². The maximum absolute atomic E-state index is 12.7. The SMILES string of the molecule is COCCN(Cc1cccnc1)C(=O)NC[C@@H]1CCN(C2CCCCC2)C1. The van der Waals surface area contributed by atoms with Crippen LogP contribution in [0, 0.1) is 5.92 Å². The molecule has 1 saturated carbocycles. The van der Waals surface area contributed by atoms with Gasteiger partial charge in [-0.1, -0.05) is 25.3 Å². The maximum Gasteiger partial charge on any atom is 0.317 e. The molecule has 1 aromatic rings. The van der Waals surface area contributed by atoms with Gasteiger partial charge in [-0.05, 0) is 43.4 Å². The van der Waals surface area contributed by atoms with E-state index in [0.29, 0.717) is 25.6 Å². The second-order valence-corrected chi connectivity index (χ2v) is 7.90. The molecule has 0 aromatic carbocycles. The second-order valence-electron chi connectivity index (χ2n) is 7.90. The second kappa shape index (κ2) is 10.6. The molecule has 2 amide bonds. The highest BCUT2D eigenvalue weighted by Gasteiger charge is 2.29. The molecule has 1 aliphatic carbocycles. The molecule has 0 unspecified atom stereocenters. The van der Waals surface area contributed by atoms with Crippen LogP contribution in [0.3, 0.4) is 0 Å². The summed E-state index contributed by atoms with van der Waals surface area (Å²) in [6.07, 6.45) is 11.6. The van der Waals surface area contributed by atoms with Crippen LogP contribution in [0.1, 0.15) is 44.1 Å². The maximum atomic E-state index is 12.7. The zero-order valence-electron chi connectivity index (χ0n) is 16.6.